The quantitative estimate of drug-likeness (QED) is 0.790. The molecule has 0 radical (unpaired) electrons. The highest BCUT2D eigenvalue weighted by Gasteiger charge is 2.07. The number of imidazole rings is 1. The lowest BCUT2D eigenvalue weighted by atomic mass is 10.3. The summed E-state index contributed by atoms with van der Waals surface area (Å²) in [5.41, 5.74) is 8.08. The first-order valence-electron chi connectivity index (χ1n) is 6.26. The van der Waals surface area contributed by atoms with Crippen molar-refractivity contribution in [2.24, 2.45) is 0 Å². The molecule has 20 heavy (non-hydrogen) atoms. The van der Waals surface area contributed by atoms with E-state index in [4.69, 9.17) is 15.2 Å². The molecule has 0 saturated carbocycles. The van der Waals surface area contributed by atoms with Crippen LogP contribution in [0.1, 0.15) is 5.69 Å². The van der Waals surface area contributed by atoms with Crippen LogP contribution >= 0.6 is 0 Å². The number of nitrogen functional groups attached to an aromatic ring is 1. The number of pyridine rings is 1. The van der Waals surface area contributed by atoms with Crippen LogP contribution in [0.3, 0.4) is 0 Å². The number of hydrogen-bond acceptors (Lipinski definition) is 4. The standard InChI is InChI=1S/C15H15N3O2/c1-19-13-6-2-3-7-14(13)20-10-11-9-18-8-4-5-12(16)15(18)17-11/h2-9H,10,16H2,1H3. The Kier molecular flexibility index (Phi) is 3.16. The number of benzene rings is 1. The third kappa shape index (κ3) is 2.25. The molecule has 0 aliphatic carbocycles. The van der Waals surface area contributed by atoms with Gasteiger partial charge in [-0.25, -0.2) is 4.98 Å². The second-order valence-corrected chi connectivity index (χ2v) is 4.37. The molecule has 0 atom stereocenters. The molecule has 0 fully saturated rings. The van der Waals surface area contributed by atoms with Crippen LogP contribution in [0.25, 0.3) is 5.65 Å². The molecule has 0 aliphatic rings. The van der Waals surface area contributed by atoms with Crippen LogP contribution in [-0.4, -0.2) is 16.5 Å². The van der Waals surface area contributed by atoms with Crippen molar-refractivity contribution in [1.82, 2.24) is 9.38 Å². The van der Waals surface area contributed by atoms with Crippen LogP contribution < -0.4 is 15.2 Å². The Morgan fingerprint density at radius 3 is 2.70 bits per heavy atom. The summed E-state index contributed by atoms with van der Waals surface area (Å²) in [6, 6.07) is 11.2. The summed E-state index contributed by atoms with van der Waals surface area (Å²) in [6.45, 7) is 0.363. The molecule has 3 aromatic rings. The van der Waals surface area contributed by atoms with E-state index < -0.39 is 0 Å². The minimum absolute atomic E-state index is 0.363. The van der Waals surface area contributed by atoms with Crippen molar-refractivity contribution in [2.75, 3.05) is 12.8 Å². The number of fused-ring (bicyclic) bond motifs is 1. The Labute approximate surface area is 116 Å². The predicted molar refractivity (Wildman–Crippen MR) is 76.9 cm³/mol. The second kappa shape index (κ2) is 5.13. The summed E-state index contributed by atoms with van der Waals surface area (Å²) in [6.07, 6.45) is 3.81. The molecule has 0 amide bonds. The Bertz CT molecular complexity index is 737. The van der Waals surface area contributed by atoms with Gasteiger partial charge in [0.15, 0.2) is 17.1 Å². The number of para-hydroxylation sites is 2. The minimum Gasteiger partial charge on any atom is -0.493 e. The molecule has 5 heteroatoms. The molecule has 1 aromatic carbocycles. The van der Waals surface area contributed by atoms with Crippen molar-refractivity contribution in [3.8, 4) is 11.5 Å². The first-order valence-corrected chi connectivity index (χ1v) is 6.26. The molecule has 2 N–H and O–H groups in total. The van der Waals surface area contributed by atoms with E-state index in [1.807, 2.05) is 53.2 Å². The van der Waals surface area contributed by atoms with Crippen molar-refractivity contribution in [3.63, 3.8) is 0 Å². The summed E-state index contributed by atoms with van der Waals surface area (Å²) >= 11 is 0. The molecule has 102 valence electrons. The lowest BCUT2D eigenvalue weighted by Crippen LogP contribution is -1.97. The summed E-state index contributed by atoms with van der Waals surface area (Å²) in [7, 11) is 1.62. The van der Waals surface area contributed by atoms with Crippen LogP contribution in [0.4, 0.5) is 5.69 Å². The number of ether oxygens (including phenoxy) is 2. The van der Waals surface area contributed by atoms with E-state index in [1.165, 1.54) is 0 Å². The van der Waals surface area contributed by atoms with Gasteiger partial charge in [0.2, 0.25) is 0 Å². The maximum Gasteiger partial charge on any atom is 0.161 e. The van der Waals surface area contributed by atoms with Crippen molar-refractivity contribution in [3.05, 3.63) is 54.5 Å². The zero-order valence-electron chi connectivity index (χ0n) is 11.1. The number of anilines is 1. The van der Waals surface area contributed by atoms with Crippen molar-refractivity contribution < 1.29 is 9.47 Å². The summed E-state index contributed by atoms with van der Waals surface area (Å²) in [4.78, 5) is 4.45. The fourth-order valence-electron chi connectivity index (χ4n) is 2.04. The van der Waals surface area contributed by atoms with Crippen molar-refractivity contribution >= 4 is 11.3 Å². The Morgan fingerprint density at radius 1 is 1.15 bits per heavy atom. The highest BCUT2D eigenvalue weighted by atomic mass is 16.5. The van der Waals surface area contributed by atoms with E-state index in [2.05, 4.69) is 4.98 Å². The van der Waals surface area contributed by atoms with Gasteiger partial charge in [-0.2, -0.15) is 0 Å². The Hall–Kier alpha value is -2.69. The van der Waals surface area contributed by atoms with Crippen molar-refractivity contribution in [2.45, 2.75) is 6.61 Å². The fraction of sp³-hybridized carbons (Fsp3) is 0.133. The number of aromatic nitrogens is 2. The molecular weight excluding hydrogens is 254 g/mol. The highest BCUT2D eigenvalue weighted by Crippen LogP contribution is 2.26. The largest absolute Gasteiger partial charge is 0.493 e. The number of methoxy groups -OCH3 is 1. The normalized spacial score (nSPS) is 10.7. The van der Waals surface area contributed by atoms with Gasteiger partial charge in [0.25, 0.3) is 0 Å². The SMILES string of the molecule is COc1ccccc1OCc1cn2cccc(N)c2n1. The third-order valence-electron chi connectivity index (χ3n) is 3.01. The van der Waals surface area contributed by atoms with E-state index in [-0.39, 0.29) is 0 Å². The molecule has 0 spiro atoms. The van der Waals surface area contributed by atoms with Crippen LogP contribution in [0.2, 0.25) is 0 Å². The fourth-order valence-corrected chi connectivity index (χ4v) is 2.04. The maximum atomic E-state index is 5.88. The second-order valence-electron chi connectivity index (χ2n) is 4.37. The Balaban J connectivity index is 1.82. The zero-order valence-corrected chi connectivity index (χ0v) is 11.1. The van der Waals surface area contributed by atoms with Crippen LogP contribution in [0.5, 0.6) is 11.5 Å². The molecular formula is C15H15N3O2. The summed E-state index contributed by atoms with van der Waals surface area (Å²) in [5, 5.41) is 0. The average Bonchev–Trinajstić information content (AvgIpc) is 2.90. The molecule has 3 rings (SSSR count). The lowest BCUT2D eigenvalue weighted by molar-refractivity contribution is 0.281. The van der Waals surface area contributed by atoms with Gasteiger partial charge in [-0.15, -0.1) is 0 Å². The van der Waals surface area contributed by atoms with Crippen molar-refractivity contribution in [1.29, 1.82) is 0 Å². The molecule has 0 bridgehead atoms. The maximum absolute atomic E-state index is 5.88. The molecule has 0 saturated heterocycles. The summed E-state index contributed by atoms with van der Waals surface area (Å²) in [5.74, 6) is 1.40. The molecule has 2 heterocycles. The van der Waals surface area contributed by atoms with Gasteiger partial charge in [0.1, 0.15) is 6.61 Å². The van der Waals surface area contributed by atoms with Gasteiger partial charge in [0.05, 0.1) is 18.5 Å². The highest BCUT2D eigenvalue weighted by molar-refractivity contribution is 5.64. The predicted octanol–water partition coefficient (Wildman–Crippen LogP) is 2.50. The lowest BCUT2D eigenvalue weighted by Gasteiger charge is -2.08. The van der Waals surface area contributed by atoms with E-state index >= 15 is 0 Å². The molecule has 2 aromatic heterocycles. The van der Waals surface area contributed by atoms with Crippen LogP contribution in [0.15, 0.2) is 48.8 Å². The monoisotopic (exact) mass is 269 g/mol. The van der Waals surface area contributed by atoms with Crippen LogP contribution in [0, 0.1) is 0 Å². The number of rotatable bonds is 4. The van der Waals surface area contributed by atoms with Gasteiger partial charge in [-0.05, 0) is 24.3 Å². The first kappa shape index (κ1) is 12.3. The first-order chi connectivity index (χ1) is 9.78. The van der Waals surface area contributed by atoms with E-state index in [1.54, 1.807) is 7.11 Å². The van der Waals surface area contributed by atoms with Gasteiger partial charge in [-0.1, -0.05) is 12.1 Å². The van der Waals surface area contributed by atoms with Gasteiger partial charge in [0, 0.05) is 12.4 Å². The smallest absolute Gasteiger partial charge is 0.161 e. The molecule has 5 nitrogen and oxygen atoms in total. The minimum atomic E-state index is 0.363. The van der Waals surface area contributed by atoms with Gasteiger partial charge >= 0.3 is 0 Å². The average molecular weight is 269 g/mol. The number of nitrogens with zero attached hydrogens (tertiary/aromatic N) is 2. The third-order valence-corrected chi connectivity index (χ3v) is 3.01. The zero-order chi connectivity index (χ0) is 13.9. The number of hydrogen-bond donors (Lipinski definition) is 1. The molecule has 0 unspecified atom stereocenters. The van der Waals surface area contributed by atoms with E-state index in [0.29, 0.717) is 23.8 Å². The Morgan fingerprint density at radius 2 is 1.95 bits per heavy atom. The topological polar surface area (TPSA) is 61.8 Å². The van der Waals surface area contributed by atoms with E-state index in [0.717, 1.165) is 11.3 Å². The van der Waals surface area contributed by atoms with E-state index in [9.17, 15) is 0 Å². The molecule has 0 aliphatic heterocycles. The van der Waals surface area contributed by atoms with Gasteiger partial charge < -0.3 is 19.6 Å². The summed E-state index contributed by atoms with van der Waals surface area (Å²) < 4.78 is 12.9. The number of nitrogens with two attached hydrogens (primary N) is 1. The van der Waals surface area contributed by atoms with Crippen LogP contribution in [-0.2, 0) is 6.61 Å². The van der Waals surface area contributed by atoms with Gasteiger partial charge in [-0.3, -0.25) is 0 Å².